The van der Waals surface area contributed by atoms with Crippen LogP contribution >= 0.6 is 11.6 Å². The van der Waals surface area contributed by atoms with Gasteiger partial charge in [-0.2, -0.15) is 17.9 Å². The number of carbonyl (C=O) groups is 2. The largest absolute Gasteiger partial charge is 0.618 e. The van der Waals surface area contributed by atoms with Gasteiger partial charge in [-0.1, -0.05) is 11.6 Å². The molecular weight excluding hydrogens is 470 g/mol. The molecule has 2 N–H and O–H groups in total. The van der Waals surface area contributed by atoms with Gasteiger partial charge in [0.15, 0.2) is 6.20 Å². The summed E-state index contributed by atoms with van der Waals surface area (Å²) in [4.78, 5) is 24.0. The Kier molecular flexibility index (Phi) is 6.73. The first-order valence-electron chi connectivity index (χ1n) is 9.10. The first-order valence-corrected chi connectivity index (χ1v) is 9.48. The van der Waals surface area contributed by atoms with Crippen molar-refractivity contribution in [1.29, 1.82) is 0 Å². The van der Waals surface area contributed by atoms with E-state index >= 15 is 0 Å². The second kappa shape index (κ2) is 9.33. The molecule has 3 rings (SSSR count). The second-order valence-electron chi connectivity index (χ2n) is 6.54. The van der Waals surface area contributed by atoms with Gasteiger partial charge in [-0.05, 0) is 30.3 Å². The lowest BCUT2D eigenvalue weighted by molar-refractivity contribution is -0.607. The normalized spacial score (nSPS) is 11.1. The van der Waals surface area contributed by atoms with Crippen molar-refractivity contribution in [3.8, 4) is 11.5 Å². The molecule has 33 heavy (non-hydrogen) atoms. The molecule has 1 aromatic heterocycles. The van der Waals surface area contributed by atoms with E-state index in [1.54, 1.807) is 0 Å². The van der Waals surface area contributed by atoms with E-state index in [-0.39, 0.29) is 22.9 Å². The maximum absolute atomic E-state index is 14.5. The Morgan fingerprint density at radius 2 is 1.73 bits per heavy atom. The number of halogens is 5. The summed E-state index contributed by atoms with van der Waals surface area (Å²) in [6.07, 6.45) is -3.71. The lowest BCUT2D eigenvalue weighted by Crippen LogP contribution is -2.37. The van der Waals surface area contributed by atoms with E-state index in [0.29, 0.717) is 10.8 Å². The summed E-state index contributed by atoms with van der Waals surface area (Å²) in [5.74, 6) is -2.68. The molecule has 7 nitrogen and oxygen atoms in total. The number of carbonyl (C=O) groups excluding carboxylic acids is 2. The predicted octanol–water partition coefficient (Wildman–Crippen LogP) is 4.54. The number of nitrogens with one attached hydrogen (secondary N) is 2. The number of aromatic nitrogens is 1. The Hall–Kier alpha value is -3.86. The van der Waals surface area contributed by atoms with Crippen molar-refractivity contribution in [2.24, 2.45) is 0 Å². The lowest BCUT2D eigenvalue weighted by atomic mass is 10.1. The zero-order valence-corrected chi connectivity index (χ0v) is 17.4. The predicted molar refractivity (Wildman–Crippen MR) is 110 cm³/mol. The van der Waals surface area contributed by atoms with Crippen molar-refractivity contribution in [2.75, 3.05) is 12.4 Å². The molecule has 12 heteroatoms. The molecule has 2 amide bonds. The molecule has 172 valence electrons. The third-order valence-corrected chi connectivity index (χ3v) is 4.63. The van der Waals surface area contributed by atoms with Gasteiger partial charge in [0.05, 0.1) is 22.2 Å². The molecule has 0 spiro atoms. The smallest absolute Gasteiger partial charge is 0.417 e. The average molecular weight is 484 g/mol. The molecule has 0 aliphatic carbocycles. The van der Waals surface area contributed by atoms with Gasteiger partial charge in [0.1, 0.15) is 17.3 Å². The molecule has 0 aliphatic heterocycles. The molecule has 2 aromatic carbocycles. The van der Waals surface area contributed by atoms with Crippen molar-refractivity contribution in [3.05, 3.63) is 87.6 Å². The van der Waals surface area contributed by atoms with E-state index in [4.69, 9.17) is 16.3 Å². The van der Waals surface area contributed by atoms with Crippen molar-refractivity contribution in [3.63, 3.8) is 0 Å². The standard InChI is InChI=1S/C21H14ClF4N3O4/c1-27-20(31)18-10-13(6-7-29(18)32)33-12-3-4-14(17(23)9-12)19(30)28-11-2-5-16(22)15(8-11)21(24,25)26/h2-10H,1H3,(H,27,31)(H,28,30). The highest BCUT2D eigenvalue weighted by molar-refractivity contribution is 6.31. The third-order valence-electron chi connectivity index (χ3n) is 4.30. The van der Waals surface area contributed by atoms with Crippen LogP contribution in [0, 0.1) is 11.0 Å². The van der Waals surface area contributed by atoms with Gasteiger partial charge in [-0.15, -0.1) is 0 Å². The van der Waals surface area contributed by atoms with E-state index in [1.807, 2.05) is 0 Å². The van der Waals surface area contributed by atoms with E-state index < -0.39 is 40.0 Å². The molecule has 0 fully saturated rings. The highest BCUT2D eigenvalue weighted by atomic mass is 35.5. The van der Waals surface area contributed by atoms with Gasteiger partial charge < -0.3 is 20.6 Å². The summed E-state index contributed by atoms with van der Waals surface area (Å²) >= 11 is 5.54. The van der Waals surface area contributed by atoms with Crippen molar-refractivity contribution in [2.45, 2.75) is 6.18 Å². The number of nitrogens with zero attached hydrogens (tertiary/aromatic N) is 1. The minimum Gasteiger partial charge on any atom is -0.618 e. The molecule has 0 saturated carbocycles. The van der Waals surface area contributed by atoms with Gasteiger partial charge in [0, 0.05) is 24.9 Å². The van der Waals surface area contributed by atoms with E-state index in [1.165, 1.54) is 19.2 Å². The first-order chi connectivity index (χ1) is 15.5. The number of ether oxygens (including phenoxy) is 1. The fraction of sp³-hybridized carbons (Fsp3) is 0.0952. The molecule has 0 aliphatic rings. The Bertz CT molecular complexity index is 1230. The van der Waals surface area contributed by atoms with Crippen LogP contribution in [-0.4, -0.2) is 18.9 Å². The number of amides is 2. The van der Waals surface area contributed by atoms with Crippen molar-refractivity contribution < 1.29 is 36.6 Å². The Morgan fingerprint density at radius 3 is 2.36 bits per heavy atom. The summed E-state index contributed by atoms with van der Waals surface area (Å²) in [7, 11) is 1.34. The summed E-state index contributed by atoms with van der Waals surface area (Å²) in [5.41, 5.74) is -2.09. The maximum atomic E-state index is 14.5. The summed E-state index contributed by atoms with van der Waals surface area (Å²) in [6.45, 7) is 0. The van der Waals surface area contributed by atoms with Crippen LogP contribution in [0.4, 0.5) is 23.2 Å². The summed E-state index contributed by atoms with van der Waals surface area (Å²) < 4.78 is 59.2. The molecule has 0 unspecified atom stereocenters. The van der Waals surface area contributed by atoms with Gasteiger partial charge >= 0.3 is 12.1 Å². The minimum atomic E-state index is -4.73. The number of alkyl halides is 3. The van der Waals surface area contributed by atoms with Crippen molar-refractivity contribution >= 4 is 29.1 Å². The molecule has 3 aromatic rings. The Balaban J connectivity index is 1.79. The number of pyridine rings is 1. The number of benzene rings is 2. The summed E-state index contributed by atoms with van der Waals surface area (Å²) in [5, 5.41) is 15.6. The number of hydrogen-bond acceptors (Lipinski definition) is 4. The average Bonchev–Trinajstić information content (AvgIpc) is 2.75. The van der Waals surface area contributed by atoms with E-state index in [0.717, 1.165) is 36.5 Å². The topological polar surface area (TPSA) is 94.4 Å². The van der Waals surface area contributed by atoms with Crippen LogP contribution in [-0.2, 0) is 6.18 Å². The monoisotopic (exact) mass is 483 g/mol. The summed E-state index contributed by atoms with van der Waals surface area (Å²) in [6, 6.07) is 8.31. The minimum absolute atomic E-state index is 0.0538. The van der Waals surface area contributed by atoms with Crippen LogP contribution in [0.1, 0.15) is 26.4 Å². The highest BCUT2D eigenvalue weighted by Gasteiger charge is 2.33. The molecule has 0 radical (unpaired) electrons. The fourth-order valence-corrected chi connectivity index (χ4v) is 2.95. The second-order valence-corrected chi connectivity index (χ2v) is 6.95. The van der Waals surface area contributed by atoms with Crippen LogP contribution in [0.2, 0.25) is 5.02 Å². The quantitative estimate of drug-likeness (QED) is 0.316. The van der Waals surface area contributed by atoms with Crippen LogP contribution in [0.15, 0.2) is 54.7 Å². The Morgan fingerprint density at radius 1 is 1.03 bits per heavy atom. The van der Waals surface area contributed by atoms with Crippen LogP contribution < -0.4 is 20.1 Å². The van der Waals surface area contributed by atoms with Gasteiger partial charge in [0.25, 0.3) is 11.6 Å². The molecule has 0 saturated heterocycles. The Labute approximate surface area is 189 Å². The SMILES string of the molecule is CNC(=O)c1cc(Oc2ccc(C(=O)Nc3ccc(Cl)c(C(F)(F)F)c3)c(F)c2)cc[n+]1[O-]. The zero-order chi connectivity index (χ0) is 24.3. The van der Waals surface area contributed by atoms with Crippen molar-refractivity contribution in [1.82, 2.24) is 5.32 Å². The molecule has 0 atom stereocenters. The number of anilines is 1. The van der Waals surface area contributed by atoms with Crippen LogP contribution in [0.3, 0.4) is 0 Å². The number of rotatable bonds is 5. The van der Waals surface area contributed by atoms with E-state index in [2.05, 4.69) is 10.6 Å². The zero-order valence-electron chi connectivity index (χ0n) is 16.7. The lowest BCUT2D eigenvalue weighted by Gasteiger charge is -2.12. The van der Waals surface area contributed by atoms with Gasteiger partial charge in [0.2, 0.25) is 0 Å². The third kappa shape index (κ3) is 5.50. The fourth-order valence-electron chi connectivity index (χ4n) is 2.72. The maximum Gasteiger partial charge on any atom is 0.417 e. The van der Waals surface area contributed by atoms with Crippen LogP contribution in [0.25, 0.3) is 0 Å². The van der Waals surface area contributed by atoms with Gasteiger partial charge in [-0.3, -0.25) is 9.59 Å². The first kappa shape index (κ1) is 23.8. The van der Waals surface area contributed by atoms with E-state index in [9.17, 15) is 32.4 Å². The molecular formula is C21H14ClF4N3O4. The molecule has 0 bridgehead atoms. The molecule has 1 heterocycles. The highest BCUT2D eigenvalue weighted by Crippen LogP contribution is 2.36. The van der Waals surface area contributed by atoms with Gasteiger partial charge in [-0.25, -0.2) is 4.39 Å². The van der Waals surface area contributed by atoms with Crippen LogP contribution in [0.5, 0.6) is 11.5 Å². The number of hydrogen-bond donors (Lipinski definition) is 2.